The van der Waals surface area contributed by atoms with Crippen LogP contribution in [0.1, 0.15) is 67.2 Å². The number of benzene rings is 1. The van der Waals surface area contributed by atoms with Crippen molar-refractivity contribution >= 4 is 11.0 Å². The topological polar surface area (TPSA) is 57.9 Å². The van der Waals surface area contributed by atoms with E-state index in [-0.39, 0.29) is 18.5 Å². The second kappa shape index (κ2) is 13.6. The lowest BCUT2D eigenvalue weighted by atomic mass is 10.1. The van der Waals surface area contributed by atoms with E-state index >= 15 is 0 Å². The van der Waals surface area contributed by atoms with Gasteiger partial charge in [-0.1, -0.05) is 42.4 Å². The van der Waals surface area contributed by atoms with Crippen molar-refractivity contribution in [2.45, 2.75) is 73.3 Å². The van der Waals surface area contributed by atoms with Crippen molar-refractivity contribution in [2.24, 2.45) is 0 Å². The highest BCUT2D eigenvalue weighted by Gasteiger charge is 2.21. The van der Waals surface area contributed by atoms with E-state index in [2.05, 4.69) is 45.9 Å². The molecule has 2 rings (SSSR count). The van der Waals surface area contributed by atoms with Crippen LogP contribution < -0.4 is 19.8 Å². The summed E-state index contributed by atoms with van der Waals surface area (Å²) in [7, 11) is 0. The molecule has 0 radical (unpaired) electrons. The van der Waals surface area contributed by atoms with Gasteiger partial charge in [0.25, 0.3) is 0 Å². The molecule has 0 aliphatic rings. The third-order valence-electron chi connectivity index (χ3n) is 4.86. The van der Waals surface area contributed by atoms with Crippen molar-refractivity contribution < 1.29 is 18.6 Å². The van der Waals surface area contributed by atoms with Gasteiger partial charge in [0.2, 0.25) is 5.75 Å². The summed E-state index contributed by atoms with van der Waals surface area (Å²) in [4.78, 5) is 12.8. The number of hydrogen-bond donors (Lipinski definition) is 0. The maximum atomic E-state index is 12.8. The second-order valence-electron chi connectivity index (χ2n) is 8.54. The van der Waals surface area contributed by atoms with Crippen molar-refractivity contribution in [3.05, 3.63) is 64.1 Å². The predicted octanol–water partition coefficient (Wildman–Crippen LogP) is 7.39. The maximum Gasteiger partial charge on any atom is 0.383 e. The van der Waals surface area contributed by atoms with Crippen molar-refractivity contribution in [3.63, 3.8) is 0 Å². The Morgan fingerprint density at radius 2 is 1.82 bits per heavy atom. The molecule has 0 bridgehead atoms. The Balaban J connectivity index is 2.36. The van der Waals surface area contributed by atoms with E-state index in [0.29, 0.717) is 29.1 Å². The Kier molecular flexibility index (Phi) is 10.8. The third kappa shape index (κ3) is 8.49. The van der Waals surface area contributed by atoms with Gasteiger partial charge >= 0.3 is 5.63 Å². The lowest BCUT2D eigenvalue weighted by Crippen LogP contribution is -2.12. The van der Waals surface area contributed by atoms with Crippen LogP contribution in [0.2, 0.25) is 0 Å². The van der Waals surface area contributed by atoms with Crippen LogP contribution in [-0.4, -0.2) is 19.3 Å². The maximum absolute atomic E-state index is 12.8. The molecule has 0 N–H and O–H groups in total. The molecule has 0 aliphatic heterocycles. The van der Waals surface area contributed by atoms with E-state index in [1.54, 1.807) is 12.1 Å². The summed E-state index contributed by atoms with van der Waals surface area (Å²) < 4.78 is 23.6. The zero-order valence-corrected chi connectivity index (χ0v) is 20.9. The molecule has 5 nitrogen and oxygen atoms in total. The second-order valence-corrected chi connectivity index (χ2v) is 8.54. The molecule has 5 heteroatoms. The summed E-state index contributed by atoms with van der Waals surface area (Å²) in [5.41, 5.74) is 2.37. The molecule has 0 saturated carbocycles. The van der Waals surface area contributed by atoms with Crippen LogP contribution in [0.25, 0.3) is 11.0 Å². The highest BCUT2D eigenvalue weighted by Crippen LogP contribution is 2.39. The van der Waals surface area contributed by atoms with E-state index in [9.17, 15) is 4.79 Å². The summed E-state index contributed by atoms with van der Waals surface area (Å²) in [6.45, 7) is 12.9. The molecule has 0 fully saturated rings. The largest absolute Gasteiger partial charge is 0.490 e. The van der Waals surface area contributed by atoms with Gasteiger partial charge in [-0.3, -0.25) is 0 Å². The molecule has 33 heavy (non-hydrogen) atoms. The summed E-state index contributed by atoms with van der Waals surface area (Å²) >= 11 is 0. The molecule has 2 aromatic rings. The minimum atomic E-state index is -0.557. The van der Waals surface area contributed by atoms with Crippen LogP contribution in [0, 0.1) is 0 Å². The molecule has 180 valence electrons. The van der Waals surface area contributed by atoms with Crippen molar-refractivity contribution in [3.8, 4) is 17.2 Å². The highest BCUT2D eigenvalue weighted by atomic mass is 16.5. The fraction of sp³-hybridized carbons (Fsp3) is 0.464. The molecular formula is C28H38O5. The van der Waals surface area contributed by atoms with Gasteiger partial charge in [-0.05, 0) is 78.5 Å². The average Bonchev–Trinajstić information content (AvgIpc) is 2.74. The summed E-state index contributed by atoms with van der Waals surface area (Å²) in [5.74, 6) is 1.05. The number of rotatable bonds is 13. The van der Waals surface area contributed by atoms with Crippen LogP contribution in [0.5, 0.6) is 17.2 Å². The van der Waals surface area contributed by atoms with E-state index in [1.807, 2.05) is 26.0 Å². The molecule has 0 unspecified atom stereocenters. The van der Waals surface area contributed by atoms with E-state index < -0.39 is 5.63 Å². The number of hydrogen-bond acceptors (Lipinski definition) is 5. The minimum Gasteiger partial charge on any atom is -0.490 e. The lowest BCUT2D eigenvalue weighted by molar-refractivity contribution is 0.242. The molecule has 0 atom stereocenters. The van der Waals surface area contributed by atoms with Crippen molar-refractivity contribution in [1.82, 2.24) is 0 Å². The first-order chi connectivity index (χ1) is 15.8. The SMILES string of the molecule is CC/C=C/CCOc1c(OC/C=C(\C)CCC=C(C)C)c(=O)oc2cccc(OC(C)C)c12. The average molecular weight is 455 g/mol. The van der Waals surface area contributed by atoms with Gasteiger partial charge in [-0.15, -0.1) is 0 Å². The van der Waals surface area contributed by atoms with Crippen molar-refractivity contribution in [1.29, 1.82) is 0 Å². The number of allylic oxidation sites excluding steroid dienone is 4. The van der Waals surface area contributed by atoms with Gasteiger partial charge in [0.15, 0.2) is 5.75 Å². The molecule has 0 saturated heterocycles. The quantitative estimate of drug-likeness (QED) is 0.179. The van der Waals surface area contributed by atoms with Crippen LogP contribution in [-0.2, 0) is 0 Å². The molecular weight excluding hydrogens is 416 g/mol. The van der Waals surface area contributed by atoms with Crippen LogP contribution >= 0.6 is 0 Å². The monoisotopic (exact) mass is 454 g/mol. The zero-order chi connectivity index (χ0) is 24.2. The van der Waals surface area contributed by atoms with Crippen LogP contribution in [0.4, 0.5) is 0 Å². The van der Waals surface area contributed by atoms with Gasteiger partial charge < -0.3 is 18.6 Å². The first kappa shape index (κ1) is 26.3. The highest BCUT2D eigenvalue weighted by molar-refractivity contribution is 5.91. The summed E-state index contributed by atoms with van der Waals surface area (Å²) in [5, 5.41) is 0.615. The van der Waals surface area contributed by atoms with E-state index in [4.69, 9.17) is 18.6 Å². The normalized spacial score (nSPS) is 11.9. The van der Waals surface area contributed by atoms with Gasteiger partial charge in [-0.25, -0.2) is 4.79 Å². The van der Waals surface area contributed by atoms with Gasteiger partial charge in [0.1, 0.15) is 23.3 Å². The Bertz CT molecular complexity index is 1040. The summed E-state index contributed by atoms with van der Waals surface area (Å²) in [6, 6.07) is 5.39. The van der Waals surface area contributed by atoms with E-state index in [0.717, 1.165) is 25.7 Å². The number of fused-ring (bicyclic) bond motifs is 1. The first-order valence-electron chi connectivity index (χ1n) is 11.8. The minimum absolute atomic E-state index is 0.0429. The fourth-order valence-corrected chi connectivity index (χ4v) is 3.26. The van der Waals surface area contributed by atoms with E-state index in [1.165, 1.54) is 11.1 Å². The smallest absolute Gasteiger partial charge is 0.383 e. The molecule has 0 aliphatic carbocycles. The predicted molar refractivity (Wildman–Crippen MR) is 136 cm³/mol. The standard InChI is InChI=1S/C28H38O5/c1-7-8-9-10-18-30-26-25-23(32-21(4)5)15-12-16-24(25)33-28(29)27(26)31-19-17-22(6)14-11-13-20(2)3/h8-9,12-13,15-17,21H,7,10-11,14,18-19H2,1-6H3/b9-8+,22-17+. The third-order valence-corrected chi connectivity index (χ3v) is 4.86. The van der Waals surface area contributed by atoms with Crippen molar-refractivity contribution in [2.75, 3.05) is 13.2 Å². The number of ether oxygens (including phenoxy) is 3. The molecule has 1 aromatic heterocycles. The Hall–Kier alpha value is -2.95. The zero-order valence-electron chi connectivity index (χ0n) is 20.9. The Morgan fingerprint density at radius 1 is 1.03 bits per heavy atom. The lowest BCUT2D eigenvalue weighted by Gasteiger charge is -2.17. The Morgan fingerprint density at radius 3 is 2.52 bits per heavy atom. The summed E-state index contributed by atoms with van der Waals surface area (Å²) in [6.07, 6.45) is 11.9. The fourth-order valence-electron chi connectivity index (χ4n) is 3.26. The van der Waals surface area contributed by atoms with Gasteiger partial charge in [0, 0.05) is 0 Å². The molecule has 1 aromatic carbocycles. The van der Waals surface area contributed by atoms with Crippen LogP contribution in [0.15, 0.2) is 62.9 Å². The van der Waals surface area contributed by atoms with Crippen LogP contribution in [0.3, 0.4) is 0 Å². The first-order valence-corrected chi connectivity index (χ1v) is 11.8. The molecule has 0 amide bonds. The Labute approximate surface area is 197 Å². The van der Waals surface area contributed by atoms with Gasteiger partial charge in [0.05, 0.1) is 12.7 Å². The molecule has 0 spiro atoms. The molecule has 1 heterocycles. The van der Waals surface area contributed by atoms with Gasteiger partial charge in [-0.2, -0.15) is 0 Å².